The van der Waals surface area contributed by atoms with E-state index in [1.165, 1.54) is 18.1 Å². The van der Waals surface area contributed by atoms with Gasteiger partial charge in [0, 0.05) is 4.83 Å². The summed E-state index contributed by atoms with van der Waals surface area (Å²) in [4.78, 5) is 0.612. The lowest BCUT2D eigenvalue weighted by Crippen LogP contribution is -1.96. The van der Waals surface area contributed by atoms with E-state index in [1.54, 1.807) is 0 Å². The molecule has 1 aromatic carbocycles. The lowest BCUT2D eigenvalue weighted by Gasteiger charge is -2.06. The van der Waals surface area contributed by atoms with Crippen molar-refractivity contribution in [1.82, 2.24) is 0 Å². The monoisotopic (exact) mass is 336 g/mol. The van der Waals surface area contributed by atoms with Gasteiger partial charge < -0.3 is 0 Å². The summed E-state index contributed by atoms with van der Waals surface area (Å²) in [5.41, 5.74) is 1.19. The van der Waals surface area contributed by atoms with Crippen LogP contribution in [-0.4, -0.2) is 4.83 Å². The molecule has 15 heavy (non-hydrogen) atoms. The molecule has 3 heteroatoms. The van der Waals surface area contributed by atoms with Crippen LogP contribution >= 0.6 is 31.9 Å². The van der Waals surface area contributed by atoms with Crippen LogP contribution < -0.4 is 0 Å². The molecule has 0 aromatic heterocycles. The molecule has 0 N–H and O–H groups in total. The molecular weight excluding hydrogens is 323 g/mol. The van der Waals surface area contributed by atoms with Crippen LogP contribution in [0.25, 0.3) is 0 Å². The molecule has 1 aromatic rings. The van der Waals surface area contributed by atoms with Crippen LogP contribution in [0.5, 0.6) is 0 Å². The van der Waals surface area contributed by atoms with Gasteiger partial charge >= 0.3 is 0 Å². The maximum absolute atomic E-state index is 12.9. The molecule has 0 saturated heterocycles. The first-order valence-corrected chi connectivity index (χ1v) is 6.92. The molecule has 1 unspecified atom stereocenters. The lowest BCUT2D eigenvalue weighted by molar-refractivity contribution is 0.619. The Labute approximate surface area is 108 Å². The largest absolute Gasteiger partial charge is 0.206 e. The third kappa shape index (κ3) is 4.64. The van der Waals surface area contributed by atoms with Crippen molar-refractivity contribution in [2.75, 3.05) is 0 Å². The van der Waals surface area contributed by atoms with Gasteiger partial charge in [0.1, 0.15) is 5.82 Å². The van der Waals surface area contributed by atoms with Crippen LogP contribution in [0.2, 0.25) is 0 Å². The molecule has 1 atom stereocenters. The summed E-state index contributed by atoms with van der Waals surface area (Å²) in [6.07, 6.45) is 4.49. The fraction of sp³-hybridized carbons (Fsp3) is 0.500. The lowest BCUT2D eigenvalue weighted by atomic mass is 10.1. The summed E-state index contributed by atoms with van der Waals surface area (Å²) in [5, 5.41) is 0. The highest BCUT2D eigenvalue weighted by Crippen LogP contribution is 2.19. The fourth-order valence-corrected chi connectivity index (χ4v) is 2.18. The number of halogens is 3. The molecule has 0 heterocycles. The van der Waals surface area contributed by atoms with Gasteiger partial charge in [-0.25, -0.2) is 4.39 Å². The van der Waals surface area contributed by atoms with Gasteiger partial charge in [0.15, 0.2) is 0 Å². The van der Waals surface area contributed by atoms with E-state index in [4.69, 9.17) is 0 Å². The highest BCUT2D eigenvalue weighted by atomic mass is 79.9. The van der Waals surface area contributed by atoms with E-state index in [2.05, 4.69) is 38.8 Å². The Hall–Kier alpha value is 0.110. The molecule has 1 rings (SSSR count). The molecule has 0 radical (unpaired) electrons. The van der Waals surface area contributed by atoms with Crippen LogP contribution in [0.15, 0.2) is 22.7 Å². The standard InChI is InChI=1S/C12H15Br2F/c1-2-10(13)5-3-4-9-6-7-12(15)11(14)8-9/h6-8,10H,2-5H2,1H3. The van der Waals surface area contributed by atoms with Gasteiger partial charge in [-0.3, -0.25) is 0 Å². The molecule has 0 aliphatic heterocycles. The molecule has 0 aliphatic rings. The minimum absolute atomic E-state index is 0.189. The first-order chi connectivity index (χ1) is 7.13. The quantitative estimate of drug-likeness (QED) is 0.657. The number of aryl methyl sites for hydroxylation is 1. The molecule has 0 aliphatic carbocycles. The highest BCUT2D eigenvalue weighted by Gasteiger charge is 2.03. The Balaban J connectivity index is 2.41. The second-order valence-corrected chi connectivity index (χ2v) is 5.80. The third-order valence-corrected chi connectivity index (χ3v) is 4.12. The van der Waals surface area contributed by atoms with Gasteiger partial charge in [0.25, 0.3) is 0 Å². The molecule has 84 valence electrons. The molecule has 0 amide bonds. The first kappa shape index (κ1) is 13.2. The van der Waals surface area contributed by atoms with E-state index in [0.717, 1.165) is 19.3 Å². The zero-order valence-corrected chi connectivity index (χ0v) is 11.9. The van der Waals surface area contributed by atoms with Crippen LogP contribution in [0.1, 0.15) is 31.7 Å². The smallest absolute Gasteiger partial charge is 0.137 e. The molecule has 0 bridgehead atoms. The van der Waals surface area contributed by atoms with Crippen molar-refractivity contribution in [3.8, 4) is 0 Å². The van der Waals surface area contributed by atoms with Crippen molar-refractivity contribution < 1.29 is 4.39 Å². The average molecular weight is 338 g/mol. The Morgan fingerprint density at radius 2 is 2.13 bits per heavy atom. The summed E-state index contributed by atoms with van der Waals surface area (Å²) in [6, 6.07) is 5.24. The summed E-state index contributed by atoms with van der Waals surface area (Å²) in [5.74, 6) is -0.189. The minimum Gasteiger partial charge on any atom is -0.206 e. The Kier molecular flexibility index (Phi) is 5.83. The van der Waals surface area contributed by atoms with Gasteiger partial charge in [0.05, 0.1) is 4.47 Å². The van der Waals surface area contributed by atoms with Gasteiger partial charge in [0.2, 0.25) is 0 Å². The number of rotatable bonds is 5. The van der Waals surface area contributed by atoms with E-state index < -0.39 is 0 Å². The summed E-state index contributed by atoms with van der Waals surface area (Å²) < 4.78 is 13.5. The zero-order valence-electron chi connectivity index (χ0n) is 8.77. The van der Waals surface area contributed by atoms with E-state index in [9.17, 15) is 4.39 Å². The summed E-state index contributed by atoms with van der Waals surface area (Å²) in [7, 11) is 0. The average Bonchev–Trinajstić information content (AvgIpc) is 2.23. The van der Waals surface area contributed by atoms with E-state index >= 15 is 0 Å². The SMILES string of the molecule is CCC(Br)CCCc1ccc(F)c(Br)c1. The van der Waals surface area contributed by atoms with Crippen LogP contribution in [0.3, 0.4) is 0 Å². The second-order valence-electron chi connectivity index (χ2n) is 3.65. The summed E-state index contributed by atoms with van der Waals surface area (Å²) >= 11 is 6.80. The van der Waals surface area contributed by atoms with Crippen molar-refractivity contribution in [3.05, 3.63) is 34.1 Å². The zero-order chi connectivity index (χ0) is 11.3. The third-order valence-electron chi connectivity index (χ3n) is 2.41. The van der Waals surface area contributed by atoms with Crippen LogP contribution in [0.4, 0.5) is 4.39 Å². The molecular formula is C12H15Br2F. The molecule has 0 nitrogen and oxygen atoms in total. The van der Waals surface area contributed by atoms with Crippen molar-refractivity contribution in [3.63, 3.8) is 0 Å². The van der Waals surface area contributed by atoms with Crippen LogP contribution in [-0.2, 0) is 6.42 Å². The van der Waals surface area contributed by atoms with Crippen molar-refractivity contribution in [2.45, 2.75) is 37.4 Å². The van der Waals surface area contributed by atoms with Crippen molar-refractivity contribution >= 4 is 31.9 Å². The van der Waals surface area contributed by atoms with Gasteiger partial charge in [-0.15, -0.1) is 0 Å². The number of hydrogen-bond acceptors (Lipinski definition) is 0. The van der Waals surface area contributed by atoms with E-state index in [-0.39, 0.29) is 5.82 Å². The van der Waals surface area contributed by atoms with Crippen molar-refractivity contribution in [2.24, 2.45) is 0 Å². The predicted molar refractivity (Wildman–Crippen MR) is 70.0 cm³/mol. The van der Waals surface area contributed by atoms with E-state index in [0.29, 0.717) is 9.30 Å². The second kappa shape index (κ2) is 6.64. The Bertz CT molecular complexity index is 312. The summed E-state index contributed by atoms with van der Waals surface area (Å²) in [6.45, 7) is 2.17. The Morgan fingerprint density at radius 3 is 2.73 bits per heavy atom. The topological polar surface area (TPSA) is 0 Å². The predicted octanol–water partition coefficient (Wildman–Crippen LogP) is 5.08. The van der Waals surface area contributed by atoms with Crippen LogP contribution in [0, 0.1) is 5.82 Å². The normalized spacial score (nSPS) is 12.8. The number of hydrogen-bond donors (Lipinski definition) is 0. The molecule has 0 saturated carbocycles. The Morgan fingerprint density at radius 1 is 1.40 bits per heavy atom. The molecule has 0 spiro atoms. The maximum Gasteiger partial charge on any atom is 0.137 e. The maximum atomic E-state index is 12.9. The highest BCUT2D eigenvalue weighted by molar-refractivity contribution is 9.10. The minimum atomic E-state index is -0.189. The molecule has 0 fully saturated rings. The van der Waals surface area contributed by atoms with Gasteiger partial charge in [-0.2, -0.15) is 0 Å². The van der Waals surface area contributed by atoms with Gasteiger partial charge in [-0.05, 0) is 59.3 Å². The van der Waals surface area contributed by atoms with Gasteiger partial charge in [-0.1, -0.05) is 28.9 Å². The number of alkyl halides is 1. The fourth-order valence-electron chi connectivity index (χ4n) is 1.43. The van der Waals surface area contributed by atoms with Crippen molar-refractivity contribution in [1.29, 1.82) is 0 Å². The number of benzene rings is 1. The first-order valence-electron chi connectivity index (χ1n) is 5.21. The van der Waals surface area contributed by atoms with E-state index in [1.807, 2.05) is 12.1 Å².